The molecule has 0 amide bonds. The Hall–Kier alpha value is -4.62. The third kappa shape index (κ3) is 34.8. The lowest BCUT2D eigenvalue weighted by Crippen LogP contribution is -2.31. The van der Waals surface area contributed by atoms with E-state index in [1.807, 2.05) is 33.8 Å². The quantitative estimate of drug-likeness (QED) is 0.0198. The van der Waals surface area contributed by atoms with Crippen LogP contribution >= 0.6 is 0 Å². The maximum absolute atomic E-state index is 13.3. The van der Waals surface area contributed by atoms with Crippen LogP contribution in [-0.2, 0) is 65.4 Å². The van der Waals surface area contributed by atoms with Gasteiger partial charge in [-0.2, -0.15) is 0 Å². The molecule has 0 saturated carbocycles. The summed E-state index contributed by atoms with van der Waals surface area (Å²) in [6.07, 6.45) is 39.9. The summed E-state index contributed by atoms with van der Waals surface area (Å²) in [6, 6.07) is 0. The fourth-order valence-electron chi connectivity index (χ4n) is 10.8. The number of cyclic esters (lactones) is 1. The van der Waals surface area contributed by atoms with E-state index < -0.39 is 30.3 Å². The zero-order valence-corrected chi connectivity index (χ0v) is 53.8. The minimum Gasteiger partial charge on any atom is -0.496 e. The Morgan fingerprint density at radius 2 is 1.00 bits per heavy atom. The Labute approximate surface area is 503 Å². The molecule has 1 aromatic carbocycles. The van der Waals surface area contributed by atoms with Crippen LogP contribution in [0, 0.1) is 18.8 Å². The zero-order valence-electron chi connectivity index (χ0n) is 53.8. The number of esters is 6. The molecule has 14 nitrogen and oxygen atoms in total. The highest BCUT2D eigenvalue weighted by Gasteiger charge is 2.34. The standard InChI is InChI=1S/C69H116O14/c1-10-12-14-16-18-20-22-24-26-28-30-35-39-43-62(71)78-50-58(51-79-63(72)44-40-36-31-29-27-25-23-21-19-17-15-13-11-2)83-64(73)49-54(4)41-37-33-32-34-38-42-55(5)68(74)82-57(7)81-67-59(47-45-53(3)46-48-61(70)76-8)66(77-9)56(6)60-52-80-69(75)65(60)67/h45,54-55,57-58H,10-44,46-52H2,1-9H3. The Morgan fingerprint density at radius 3 is 1.47 bits per heavy atom. The number of fused-ring (bicyclic) bond motifs is 1. The van der Waals surface area contributed by atoms with Crippen molar-refractivity contribution in [3.8, 4) is 11.5 Å². The first-order valence-corrected chi connectivity index (χ1v) is 33.1. The summed E-state index contributed by atoms with van der Waals surface area (Å²) in [7, 11) is 2.92. The predicted octanol–water partition coefficient (Wildman–Crippen LogP) is 17.7. The molecule has 0 radical (unpaired) electrons. The highest BCUT2D eigenvalue weighted by molar-refractivity contribution is 5.98. The lowest BCUT2D eigenvalue weighted by molar-refractivity contribution is -0.167. The molecule has 1 aliphatic rings. The molecule has 0 aromatic heterocycles. The van der Waals surface area contributed by atoms with Crippen LogP contribution in [-0.4, -0.2) is 75.6 Å². The number of unbranched alkanes of at least 4 members (excludes halogenated alkanes) is 28. The second-order valence-corrected chi connectivity index (χ2v) is 23.9. The van der Waals surface area contributed by atoms with E-state index in [1.54, 1.807) is 14.0 Å². The first-order valence-electron chi connectivity index (χ1n) is 33.1. The second kappa shape index (κ2) is 47.6. The molecular weight excluding hydrogens is 1050 g/mol. The summed E-state index contributed by atoms with van der Waals surface area (Å²) in [5.41, 5.74) is 3.31. The van der Waals surface area contributed by atoms with Crippen LogP contribution in [0.1, 0.15) is 313 Å². The monoisotopic (exact) mass is 1170 g/mol. The highest BCUT2D eigenvalue weighted by atomic mass is 16.7. The molecule has 1 aliphatic heterocycles. The van der Waals surface area contributed by atoms with Gasteiger partial charge in [-0.3, -0.25) is 24.0 Å². The molecule has 14 heteroatoms. The molecule has 1 aromatic rings. The molecule has 0 fully saturated rings. The molecule has 476 valence electrons. The van der Waals surface area contributed by atoms with Crippen molar-refractivity contribution in [1.82, 2.24) is 0 Å². The summed E-state index contributed by atoms with van der Waals surface area (Å²) < 4.78 is 45.1. The molecule has 2 rings (SSSR count). The number of hydrogen-bond donors (Lipinski definition) is 0. The number of rotatable bonds is 53. The molecule has 3 unspecified atom stereocenters. The van der Waals surface area contributed by atoms with Crippen molar-refractivity contribution >= 4 is 35.8 Å². The third-order valence-electron chi connectivity index (χ3n) is 16.2. The van der Waals surface area contributed by atoms with Crippen LogP contribution in [0.15, 0.2) is 11.6 Å². The molecule has 0 bridgehead atoms. The van der Waals surface area contributed by atoms with Gasteiger partial charge in [-0.1, -0.05) is 232 Å². The van der Waals surface area contributed by atoms with Gasteiger partial charge in [-0.15, -0.1) is 0 Å². The molecular formula is C69H116O14. The maximum atomic E-state index is 13.3. The highest BCUT2D eigenvalue weighted by Crippen LogP contribution is 2.43. The van der Waals surface area contributed by atoms with Gasteiger partial charge in [0.05, 0.1) is 20.1 Å². The fourth-order valence-corrected chi connectivity index (χ4v) is 10.8. The molecule has 83 heavy (non-hydrogen) atoms. The minimum absolute atomic E-state index is 0.0701. The fraction of sp³-hybridized carbons (Fsp3) is 0.797. The molecule has 1 heterocycles. The van der Waals surface area contributed by atoms with Crippen LogP contribution < -0.4 is 9.47 Å². The summed E-state index contributed by atoms with van der Waals surface area (Å²) in [4.78, 5) is 76.9. The average Bonchev–Trinajstić information content (AvgIpc) is 2.42. The Kier molecular flexibility index (Phi) is 42.7. The van der Waals surface area contributed by atoms with Gasteiger partial charge in [-0.25, -0.2) is 4.79 Å². The maximum Gasteiger partial charge on any atom is 0.342 e. The van der Waals surface area contributed by atoms with Crippen molar-refractivity contribution in [3.63, 3.8) is 0 Å². The lowest BCUT2D eigenvalue weighted by atomic mass is 9.94. The lowest BCUT2D eigenvalue weighted by Gasteiger charge is -2.23. The van der Waals surface area contributed by atoms with Crippen molar-refractivity contribution in [1.29, 1.82) is 0 Å². The van der Waals surface area contributed by atoms with Gasteiger partial charge in [0.25, 0.3) is 0 Å². The van der Waals surface area contributed by atoms with Crippen molar-refractivity contribution in [3.05, 3.63) is 33.9 Å². The number of allylic oxidation sites excluding steroid dienone is 2. The van der Waals surface area contributed by atoms with E-state index in [0.29, 0.717) is 54.5 Å². The van der Waals surface area contributed by atoms with Gasteiger partial charge in [0.2, 0.25) is 6.29 Å². The molecule has 0 aliphatic carbocycles. The van der Waals surface area contributed by atoms with E-state index in [-0.39, 0.29) is 68.2 Å². The van der Waals surface area contributed by atoms with Crippen molar-refractivity contribution in [2.45, 2.75) is 318 Å². The van der Waals surface area contributed by atoms with E-state index in [9.17, 15) is 28.8 Å². The number of methoxy groups -OCH3 is 2. The summed E-state index contributed by atoms with van der Waals surface area (Å²) in [5.74, 6) is -1.76. The Bertz CT molecular complexity index is 1950. The molecule has 0 saturated heterocycles. The SMILES string of the molecule is CCCCCCCCCCCCCCCC(=O)OCC(COC(=O)CCCCCCCCCCCCCCC)OC(=O)CC(C)CCCCCCCC(C)C(=O)OC(C)Oc1c(CC=C(C)CCC(=O)OC)c(OC)c(C)c2c1C(=O)OC2. The normalized spacial score (nSPS) is 13.3. The Balaban J connectivity index is 1.79. The largest absolute Gasteiger partial charge is 0.496 e. The minimum atomic E-state index is -1.01. The molecule has 3 atom stereocenters. The first-order chi connectivity index (χ1) is 40.1. The van der Waals surface area contributed by atoms with Crippen LogP contribution in [0.3, 0.4) is 0 Å². The van der Waals surface area contributed by atoms with Gasteiger partial charge in [0.1, 0.15) is 36.9 Å². The van der Waals surface area contributed by atoms with Crippen LogP contribution in [0.2, 0.25) is 0 Å². The van der Waals surface area contributed by atoms with Crippen LogP contribution in [0.5, 0.6) is 11.5 Å². The third-order valence-corrected chi connectivity index (χ3v) is 16.2. The summed E-state index contributed by atoms with van der Waals surface area (Å²) in [5, 5.41) is 0. The van der Waals surface area contributed by atoms with Crippen molar-refractivity contribution in [2.24, 2.45) is 11.8 Å². The van der Waals surface area contributed by atoms with E-state index in [2.05, 4.69) is 13.8 Å². The van der Waals surface area contributed by atoms with Gasteiger partial charge in [0.15, 0.2) is 6.10 Å². The Morgan fingerprint density at radius 1 is 0.542 bits per heavy atom. The van der Waals surface area contributed by atoms with Crippen LogP contribution in [0.4, 0.5) is 0 Å². The number of carbonyl (C=O) groups excluding carboxylic acids is 6. The number of hydrogen-bond acceptors (Lipinski definition) is 14. The van der Waals surface area contributed by atoms with E-state index in [0.717, 1.165) is 88.2 Å². The van der Waals surface area contributed by atoms with Crippen molar-refractivity contribution < 1.29 is 66.7 Å². The second-order valence-electron chi connectivity index (χ2n) is 23.9. The molecule has 0 N–H and O–H groups in total. The molecule has 0 spiro atoms. The predicted molar refractivity (Wildman–Crippen MR) is 329 cm³/mol. The average molecular weight is 1170 g/mol. The van der Waals surface area contributed by atoms with Crippen molar-refractivity contribution in [2.75, 3.05) is 27.4 Å². The van der Waals surface area contributed by atoms with Gasteiger partial charge < -0.3 is 37.9 Å². The number of benzene rings is 1. The van der Waals surface area contributed by atoms with Crippen LogP contribution in [0.25, 0.3) is 0 Å². The van der Waals surface area contributed by atoms with Gasteiger partial charge in [-0.05, 0) is 57.4 Å². The van der Waals surface area contributed by atoms with E-state index >= 15 is 0 Å². The summed E-state index contributed by atoms with van der Waals surface area (Å²) >= 11 is 0. The topological polar surface area (TPSA) is 176 Å². The number of ether oxygens (including phenoxy) is 8. The van der Waals surface area contributed by atoms with E-state index in [1.165, 1.54) is 136 Å². The van der Waals surface area contributed by atoms with Gasteiger partial charge in [0, 0.05) is 43.7 Å². The number of carbonyl (C=O) groups is 6. The smallest absolute Gasteiger partial charge is 0.342 e. The summed E-state index contributed by atoms with van der Waals surface area (Å²) in [6.45, 7) is 13.6. The first kappa shape index (κ1) is 74.5. The van der Waals surface area contributed by atoms with E-state index in [4.69, 9.17) is 37.9 Å². The van der Waals surface area contributed by atoms with Gasteiger partial charge >= 0.3 is 35.8 Å². The zero-order chi connectivity index (χ0) is 60.9.